The molecule has 0 radical (unpaired) electrons. The Labute approximate surface area is 102 Å². The van der Waals surface area contributed by atoms with Gasteiger partial charge in [-0.15, -0.1) is 0 Å². The van der Waals surface area contributed by atoms with Crippen LogP contribution in [-0.2, 0) is 19.1 Å². The van der Waals surface area contributed by atoms with Gasteiger partial charge in [-0.2, -0.15) is 0 Å². The van der Waals surface area contributed by atoms with Crippen molar-refractivity contribution in [3.8, 4) is 0 Å². The van der Waals surface area contributed by atoms with E-state index in [2.05, 4.69) is 0 Å². The number of methoxy groups -OCH3 is 1. The number of ketones is 1. The number of nitrogens with zero attached hydrogens (tertiary/aromatic N) is 1. The van der Waals surface area contributed by atoms with Crippen molar-refractivity contribution in [2.24, 2.45) is 0 Å². The van der Waals surface area contributed by atoms with E-state index >= 15 is 0 Å². The van der Waals surface area contributed by atoms with E-state index in [-0.39, 0.29) is 18.0 Å². The van der Waals surface area contributed by atoms with Gasteiger partial charge in [0.05, 0.1) is 6.61 Å². The third kappa shape index (κ3) is 4.99. The Morgan fingerprint density at radius 1 is 1.29 bits per heavy atom. The maximum atomic E-state index is 12.0. The molecule has 0 aliphatic rings. The molecule has 0 aromatic rings. The lowest BCUT2D eigenvalue weighted by atomic mass is 10.1. The molecule has 5 heteroatoms. The van der Waals surface area contributed by atoms with Gasteiger partial charge in [0.1, 0.15) is 11.7 Å². The summed E-state index contributed by atoms with van der Waals surface area (Å²) in [7, 11) is 4.92. The second kappa shape index (κ2) is 7.84. The molecule has 17 heavy (non-hydrogen) atoms. The molecule has 0 fully saturated rings. The third-order valence-electron chi connectivity index (χ3n) is 2.10. The summed E-state index contributed by atoms with van der Waals surface area (Å²) < 4.78 is 9.89. The second-order valence-electron chi connectivity index (χ2n) is 3.72. The van der Waals surface area contributed by atoms with Crippen LogP contribution in [0.25, 0.3) is 0 Å². The molecule has 0 aliphatic heterocycles. The molecule has 0 heterocycles. The average Bonchev–Trinajstić information content (AvgIpc) is 2.27. The molecule has 0 rings (SSSR count). The molecule has 0 aliphatic carbocycles. The molecule has 0 saturated carbocycles. The minimum Gasteiger partial charge on any atom is -0.462 e. The van der Waals surface area contributed by atoms with Gasteiger partial charge in [-0.25, -0.2) is 4.79 Å². The molecule has 0 bridgehead atoms. The molecular formula is C12H21NO4. The standard InChI is InChI=1S/C12H21NO4/c1-6-10(16-5)11(14)9(8-13(3)4)12(15)17-7-2/h8,10H,6-7H2,1-5H3/b9-8-. The zero-order valence-corrected chi connectivity index (χ0v) is 11.1. The van der Waals surface area contributed by atoms with Crippen LogP contribution in [0.4, 0.5) is 0 Å². The van der Waals surface area contributed by atoms with E-state index < -0.39 is 12.1 Å². The minimum atomic E-state index is -0.610. The molecule has 0 spiro atoms. The van der Waals surface area contributed by atoms with E-state index in [9.17, 15) is 9.59 Å². The number of hydrogen-bond acceptors (Lipinski definition) is 5. The summed E-state index contributed by atoms with van der Waals surface area (Å²) >= 11 is 0. The van der Waals surface area contributed by atoms with Crippen LogP contribution in [0.15, 0.2) is 11.8 Å². The molecule has 0 aromatic heterocycles. The SMILES string of the molecule is CCOC(=O)/C(=C\N(C)C)C(=O)C(CC)OC. The minimum absolute atomic E-state index is 0.0190. The Hall–Kier alpha value is -1.36. The van der Waals surface area contributed by atoms with Gasteiger partial charge in [0.15, 0.2) is 5.78 Å². The summed E-state index contributed by atoms with van der Waals surface area (Å²) in [4.78, 5) is 25.3. The number of rotatable bonds is 7. The summed E-state index contributed by atoms with van der Waals surface area (Å²) in [6, 6.07) is 0. The number of hydrogen-bond donors (Lipinski definition) is 0. The van der Waals surface area contributed by atoms with Crippen molar-refractivity contribution < 1.29 is 19.1 Å². The van der Waals surface area contributed by atoms with Gasteiger partial charge in [0.2, 0.25) is 0 Å². The topological polar surface area (TPSA) is 55.8 Å². The molecule has 0 amide bonds. The summed E-state index contributed by atoms with van der Waals surface area (Å²) in [5, 5.41) is 0. The van der Waals surface area contributed by atoms with E-state index in [4.69, 9.17) is 9.47 Å². The highest BCUT2D eigenvalue weighted by Crippen LogP contribution is 2.09. The van der Waals surface area contributed by atoms with Crippen molar-refractivity contribution in [1.82, 2.24) is 4.90 Å². The number of ether oxygens (including phenoxy) is 2. The van der Waals surface area contributed by atoms with Crippen molar-refractivity contribution >= 4 is 11.8 Å². The summed E-state index contributed by atoms with van der Waals surface area (Å²) in [5.41, 5.74) is 0.0190. The quantitative estimate of drug-likeness (QED) is 0.289. The first-order valence-corrected chi connectivity index (χ1v) is 5.60. The summed E-state index contributed by atoms with van der Waals surface area (Å²) in [6.07, 6.45) is 1.37. The predicted molar refractivity (Wildman–Crippen MR) is 64.5 cm³/mol. The van der Waals surface area contributed by atoms with Gasteiger partial charge in [-0.1, -0.05) is 6.92 Å². The van der Waals surface area contributed by atoms with Crippen LogP contribution >= 0.6 is 0 Å². The van der Waals surface area contributed by atoms with Gasteiger partial charge in [-0.3, -0.25) is 4.79 Å². The van der Waals surface area contributed by atoms with Gasteiger partial charge in [-0.05, 0) is 13.3 Å². The number of carbonyl (C=O) groups excluding carboxylic acids is 2. The Balaban J connectivity index is 5.05. The molecule has 1 unspecified atom stereocenters. The number of esters is 1. The van der Waals surface area contributed by atoms with Crippen LogP contribution in [0.1, 0.15) is 20.3 Å². The first-order chi connectivity index (χ1) is 7.97. The zero-order valence-electron chi connectivity index (χ0n) is 11.1. The van der Waals surface area contributed by atoms with Gasteiger partial charge in [0, 0.05) is 27.4 Å². The Morgan fingerprint density at radius 3 is 2.24 bits per heavy atom. The van der Waals surface area contributed by atoms with Crippen LogP contribution in [0.5, 0.6) is 0 Å². The molecule has 0 aromatic carbocycles. The number of Topliss-reactive ketones (excluding diaryl/α,β-unsaturated/α-hetero) is 1. The maximum absolute atomic E-state index is 12.0. The molecular weight excluding hydrogens is 222 g/mol. The molecule has 98 valence electrons. The van der Waals surface area contributed by atoms with Crippen LogP contribution in [0.3, 0.4) is 0 Å². The van der Waals surface area contributed by atoms with Crippen molar-refractivity contribution in [2.45, 2.75) is 26.4 Å². The van der Waals surface area contributed by atoms with E-state index in [1.807, 2.05) is 6.92 Å². The van der Waals surface area contributed by atoms with Crippen molar-refractivity contribution in [2.75, 3.05) is 27.8 Å². The maximum Gasteiger partial charge on any atom is 0.343 e. The molecule has 1 atom stereocenters. The first-order valence-electron chi connectivity index (χ1n) is 5.60. The Kier molecular flexibility index (Phi) is 7.21. The van der Waals surface area contributed by atoms with Crippen LogP contribution < -0.4 is 0 Å². The van der Waals surface area contributed by atoms with Gasteiger partial charge in [0.25, 0.3) is 0 Å². The van der Waals surface area contributed by atoms with Crippen LogP contribution in [0.2, 0.25) is 0 Å². The van der Waals surface area contributed by atoms with E-state index in [1.165, 1.54) is 13.3 Å². The first kappa shape index (κ1) is 15.6. The van der Waals surface area contributed by atoms with Gasteiger partial charge < -0.3 is 14.4 Å². The zero-order chi connectivity index (χ0) is 13.4. The van der Waals surface area contributed by atoms with Gasteiger partial charge >= 0.3 is 5.97 Å². The predicted octanol–water partition coefficient (Wildman–Crippen LogP) is 0.989. The van der Waals surface area contributed by atoms with Crippen molar-refractivity contribution in [3.63, 3.8) is 0 Å². The Bertz CT molecular complexity index is 293. The van der Waals surface area contributed by atoms with E-state index in [0.29, 0.717) is 6.42 Å². The fourth-order valence-corrected chi connectivity index (χ4v) is 1.32. The largest absolute Gasteiger partial charge is 0.462 e. The van der Waals surface area contributed by atoms with Crippen molar-refractivity contribution in [1.29, 1.82) is 0 Å². The lowest BCUT2D eigenvalue weighted by Gasteiger charge is -2.15. The normalized spacial score (nSPS) is 13.1. The second-order valence-corrected chi connectivity index (χ2v) is 3.72. The van der Waals surface area contributed by atoms with Crippen LogP contribution in [-0.4, -0.2) is 50.6 Å². The van der Waals surface area contributed by atoms with E-state index in [1.54, 1.807) is 25.9 Å². The number of carbonyl (C=O) groups is 2. The Morgan fingerprint density at radius 2 is 1.88 bits per heavy atom. The van der Waals surface area contributed by atoms with Crippen LogP contribution in [0, 0.1) is 0 Å². The molecule has 0 saturated heterocycles. The highest BCUT2D eigenvalue weighted by molar-refractivity contribution is 6.18. The summed E-state index contributed by atoms with van der Waals surface area (Å²) in [6.45, 7) is 3.76. The molecule has 5 nitrogen and oxygen atoms in total. The molecule has 0 N–H and O–H groups in total. The summed E-state index contributed by atoms with van der Waals surface area (Å²) in [5.74, 6) is -0.955. The fraction of sp³-hybridized carbons (Fsp3) is 0.667. The smallest absolute Gasteiger partial charge is 0.343 e. The lowest BCUT2D eigenvalue weighted by Crippen LogP contribution is -2.29. The fourth-order valence-electron chi connectivity index (χ4n) is 1.32. The highest BCUT2D eigenvalue weighted by atomic mass is 16.5. The average molecular weight is 243 g/mol. The monoisotopic (exact) mass is 243 g/mol. The third-order valence-corrected chi connectivity index (χ3v) is 2.10. The van der Waals surface area contributed by atoms with E-state index in [0.717, 1.165) is 0 Å². The lowest BCUT2D eigenvalue weighted by molar-refractivity contribution is -0.141. The van der Waals surface area contributed by atoms with Crippen molar-refractivity contribution in [3.05, 3.63) is 11.8 Å². The highest BCUT2D eigenvalue weighted by Gasteiger charge is 2.26.